The van der Waals surface area contributed by atoms with Gasteiger partial charge in [-0.25, -0.2) is 0 Å². The predicted molar refractivity (Wildman–Crippen MR) is 108 cm³/mol. The highest BCUT2D eigenvalue weighted by Crippen LogP contribution is 2.26. The topological polar surface area (TPSA) is 75.9 Å². The molecule has 4 rings (SSSR count). The first-order valence-electron chi connectivity index (χ1n) is 9.57. The van der Waals surface area contributed by atoms with E-state index in [4.69, 9.17) is 0 Å². The van der Waals surface area contributed by atoms with Gasteiger partial charge in [0.15, 0.2) is 0 Å². The SMILES string of the molecule is CCc1nn(CC(=O)Nc2nnc(N3CCCCCC3)s2)c2ccccc12. The molecule has 142 valence electrons. The fourth-order valence-corrected chi connectivity index (χ4v) is 4.34. The lowest BCUT2D eigenvalue weighted by Crippen LogP contribution is -2.23. The minimum Gasteiger partial charge on any atom is -0.347 e. The Kier molecular flexibility index (Phi) is 5.33. The number of carbonyl (C=O) groups is 1. The third-order valence-electron chi connectivity index (χ3n) is 4.90. The molecule has 8 heteroatoms. The quantitative estimate of drug-likeness (QED) is 0.729. The van der Waals surface area contributed by atoms with Crippen molar-refractivity contribution in [1.29, 1.82) is 0 Å². The lowest BCUT2D eigenvalue weighted by atomic mass is 10.2. The first-order chi connectivity index (χ1) is 13.2. The molecule has 1 fully saturated rings. The van der Waals surface area contributed by atoms with Crippen LogP contribution in [0.1, 0.15) is 38.3 Å². The molecule has 0 atom stereocenters. The molecule has 1 amide bonds. The molecule has 2 aromatic heterocycles. The summed E-state index contributed by atoms with van der Waals surface area (Å²) in [5.41, 5.74) is 1.99. The van der Waals surface area contributed by atoms with Gasteiger partial charge >= 0.3 is 0 Å². The van der Waals surface area contributed by atoms with Gasteiger partial charge in [0.2, 0.25) is 16.2 Å². The molecule has 1 saturated heterocycles. The average molecular weight is 385 g/mol. The molecule has 1 aliphatic heterocycles. The Bertz CT molecular complexity index is 925. The molecule has 0 bridgehead atoms. The van der Waals surface area contributed by atoms with Crippen LogP contribution in [0.3, 0.4) is 0 Å². The van der Waals surface area contributed by atoms with E-state index in [-0.39, 0.29) is 12.5 Å². The van der Waals surface area contributed by atoms with Gasteiger partial charge in [0.25, 0.3) is 0 Å². The Labute approximate surface area is 162 Å². The zero-order chi connectivity index (χ0) is 18.6. The summed E-state index contributed by atoms with van der Waals surface area (Å²) in [7, 11) is 0. The van der Waals surface area contributed by atoms with E-state index < -0.39 is 0 Å². The number of aryl methyl sites for hydroxylation is 1. The second-order valence-corrected chi connectivity index (χ2v) is 7.77. The van der Waals surface area contributed by atoms with Gasteiger partial charge in [0, 0.05) is 18.5 Å². The van der Waals surface area contributed by atoms with E-state index in [1.807, 2.05) is 24.3 Å². The second-order valence-electron chi connectivity index (χ2n) is 6.81. The van der Waals surface area contributed by atoms with Gasteiger partial charge in [0.05, 0.1) is 11.2 Å². The second kappa shape index (κ2) is 8.04. The van der Waals surface area contributed by atoms with Crippen molar-refractivity contribution < 1.29 is 4.79 Å². The number of rotatable bonds is 5. The van der Waals surface area contributed by atoms with Gasteiger partial charge in [-0.05, 0) is 25.3 Å². The zero-order valence-electron chi connectivity index (χ0n) is 15.5. The number of carbonyl (C=O) groups excluding carboxylic acids is 1. The Balaban J connectivity index is 1.44. The summed E-state index contributed by atoms with van der Waals surface area (Å²) in [5, 5.41) is 18.4. The van der Waals surface area contributed by atoms with Crippen LogP contribution in [-0.4, -0.2) is 39.0 Å². The molecular formula is C19H24N6OS. The Morgan fingerprint density at radius 3 is 2.70 bits per heavy atom. The van der Waals surface area contributed by atoms with E-state index in [0.29, 0.717) is 5.13 Å². The highest BCUT2D eigenvalue weighted by atomic mass is 32.1. The van der Waals surface area contributed by atoms with E-state index in [1.165, 1.54) is 37.0 Å². The van der Waals surface area contributed by atoms with Crippen molar-refractivity contribution in [2.45, 2.75) is 45.6 Å². The first kappa shape index (κ1) is 17.9. The van der Waals surface area contributed by atoms with Crippen molar-refractivity contribution in [2.24, 2.45) is 0 Å². The van der Waals surface area contributed by atoms with Crippen LogP contribution >= 0.6 is 11.3 Å². The third-order valence-corrected chi connectivity index (χ3v) is 5.80. The molecule has 1 aromatic carbocycles. The third kappa shape index (κ3) is 3.95. The van der Waals surface area contributed by atoms with Gasteiger partial charge in [-0.1, -0.05) is 49.3 Å². The minimum atomic E-state index is -0.135. The van der Waals surface area contributed by atoms with E-state index in [0.717, 1.165) is 41.2 Å². The Morgan fingerprint density at radius 2 is 1.93 bits per heavy atom. The number of benzene rings is 1. The standard InChI is InChI=1S/C19H24N6OS/c1-2-15-14-9-5-6-10-16(14)25(23-15)13-17(26)20-18-21-22-19(27-18)24-11-7-3-4-8-12-24/h5-6,9-10H,2-4,7-8,11-13H2,1H3,(H,20,21,26). The fourth-order valence-electron chi connectivity index (χ4n) is 3.53. The number of para-hydroxylation sites is 1. The number of nitrogens with zero attached hydrogens (tertiary/aromatic N) is 5. The van der Waals surface area contributed by atoms with Crippen LogP contribution in [0.5, 0.6) is 0 Å². The van der Waals surface area contributed by atoms with Crippen LogP contribution in [0, 0.1) is 0 Å². The summed E-state index contributed by atoms with van der Waals surface area (Å²) in [6, 6.07) is 8.01. The molecule has 27 heavy (non-hydrogen) atoms. The summed E-state index contributed by atoms with van der Waals surface area (Å²) in [6.07, 6.45) is 5.76. The van der Waals surface area contributed by atoms with Crippen LogP contribution in [0.4, 0.5) is 10.3 Å². The van der Waals surface area contributed by atoms with Crippen LogP contribution in [0.2, 0.25) is 0 Å². The maximum absolute atomic E-state index is 12.5. The molecule has 1 N–H and O–H groups in total. The summed E-state index contributed by atoms with van der Waals surface area (Å²) in [6.45, 7) is 4.27. The lowest BCUT2D eigenvalue weighted by Gasteiger charge is -2.17. The van der Waals surface area contributed by atoms with E-state index in [1.54, 1.807) is 4.68 Å². The monoisotopic (exact) mass is 384 g/mol. The molecular weight excluding hydrogens is 360 g/mol. The molecule has 1 aliphatic rings. The van der Waals surface area contributed by atoms with Crippen molar-refractivity contribution in [1.82, 2.24) is 20.0 Å². The van der Waals surface area contributed by atoms with Crippen molar-refractivity contribution in [3.05, 3.63) is 30.0 Å². The van der Waals surface area contributed by atoms with Gasteiger partial charge < -0.3 is 4.90 Å². The number of amides is 1. The molecule has 3 heterocycles. The summed E-state index contributed by atoms with van der Waals surface area (Å²) in [5.74, 6) is -0.135. The molecule has 0 aliphatic carbocycles. The minimum absolute atomic E-state index is 0.135. The van der Waals surface area contributed by atoms with Crippen LogP contribution in [0.15, 0.2) is 24.3 Å². The summed E-state index contributed by atoms with van der Waals surface area (Å²) >= 11 is 1.44. The molecule has 3 aromatic rings. The van der Waals surface area contributed by atoms with Crippen molar-refractivity contribution in [2.75, 3.05) is 23.3 Å². The zero-order valence-corrected chi connectivity index (χ0v) is 16.3. The smallest absolute Gasteiger partial charge is 0.247 e. The van der Waals surface area contributed by atoms with Gasteiger partial charge in [-0.15, -0.1) is 10.2 Å². The Morgan fingerprint density at radius 1 is 1.15 bits per heavy atom. The number of anilines is 2. The van der Waals surface area contributed by atoms with E-state index in [2.05, 4.69) is 32.4 Å². The maximum Gasteiger partial charge on any atom is 0.247 e. The summed E-state index contributed by atoms with van der Waals surface area (Å²) in [4.78, 5) is 14.8. The van der Waals surface area contributed by atoms with Crippen molar-refractivity contribution in [3.63, 3.8) is 0 Å². The molecule has 0 unspecified atom stereocenters. The highest BCUT2D eigenvalue weighted by Gasteiger charge is 2.17. The number of hydrogen-bond acceptors (Lipinski definition) is 6. The van der Waals surface area contributed by atoms with Crippen molar-refractivity contribution >= 4 is 38.4 Å². The summed E-state index contributed by atoms with van der Waals surface area (Å²) < 4.78 is 1.76. The number of nitrogens with one attached hydrogen (secondary N) is 1. The number of aromatic nitrogens is 4. The number of hydrogen-bond donors (Lipinski definition) is 1. The molecule has 0 saturated carbocycles. The van der Waals surface area contributed by atoms with E-state index in [9.17, 15) is 4.79 Å². The first-order valence-corrected chi connectivity index (χ1v) is 10.4. The van der Waals surface area contributed by atoms with Gasteiger partial charge in [-0.3, -0.25) is 14.8 Å². The normalized spacial score (nSPS) is 15.1. The van der Waals surface area contributed by atoms with Crippen LogP contribution < -0.4 is 10.2 Å². The predicted octanol–water partition coefficient (Wildman–Crippen LogP) is 3.47. The molecule has 0 radical (unpaired) electrons. The molecule has 7 nitrogen and oxygen atoms in total. The number of fused-ring (bicyclic) bond motifs is 1. The maximum atomic E-state index is 12.5. The largest absolute Gasteiger partial charge is 0.347 e. The fraction of sp³-hybridized carbons (Fsp3) is 0.474. The van der Waals surface area contributed by atoms with Crippen LogP contribution in [-0.2, 0) is 17.8 Å². The highest BCUT2D eigenvalue weighted by molar-refractivity contribution is 7.19. The van der Waals surface area contributed by atoms with Crippen LogP contribution in [0.25, 0.3) is 10.9 Å². The Hall–Kier alpha value is -2.48. The lowest BCUT2D eigenvalue weighted by molar-refractivity contribution is -0.116. The van der Waals surface area contributed by atoms with Gasteiger partial charge in [-0.2, -0.15) is 5.10 Å². The van der Waals surface area contributed by atoms with Crippen molar-refractivity contribution in [3.8, 4) is 0 Å². The average Bonchev–Trinajstić information content (AvgIpc) is 3.17. The van der Waals surface area contributed by atoms with E-state index >= 15 is 0 Å². The van der Waals surface area contributed by atoms with Gasteiger partial charge in [0.1, 0.15) is 6.54 Å². The molecule has 0 spiro atoms.